The zero-order valence-corrected chi connectivity index (χ0v) is 14.7. The monoisotopic (exact) mass is 448 g/mol. The van der Waals surface area contributed by atoms with Gasteiger partial charge in [-0.25, -0.2) is 14.4 Å². The molecule has 25 heavy (non-hydrogen) atoms. The van der Waals surface area contributed by atoms with E-state index >= 15 is 0 Å². The number of rotatable bonds is 1. The van der Waals surface area contributed by atoms with Gasteiger partial charge in [-0.3, -0.25) is 5.32 Å². The van der Waals surface area contributed by atoms with Crippen molar-refractivity contribution < 1.29 is 4.39 Å². The molecule has 6 N–H and O–H groups in total. The highest BCUT2D eigenvalue weighted by molar-refractivity contribution is 14.1. The minimum Gasteiger partial charge on any atom is -0.397 e. The predicted octanol–water partition coefficient (Wildman–Crippen LogP) is 1.80. The minimum atomic E-state index is -0.887. The van der Waals surface area contributed by atoms with E-state index in [4.69, 9.17) is 16.7 Å². The van der Waals surface area contributed by atoms with E-state index in [1.807, 2.05) is 28.7 Å². The summed E-state index contributed by atoms with van der Waals surface area (Å²) in [5, 5.41) is 23.2. The van der Waals surface area contributed by atoms with Crippen LogP contribution in [0.3, 0.4) is 0 Å². The number of pyridine rings is 1. The van der Waals surface area contributed by atoms with E-state index in [0.29, 0.717) is 5.56 Å². The van der Waals surface area contributed by atoms with Crippen molar-refractivity contribution in [1.82, 2.24) is 10.3 Å². The van der Waals surface area contributed by atoms with Crippen molar-refractivity contribution in [2.24, 2.45) is 4.99 Å². The molecule has 1 aliphatic rings. The molecule has 3 rings (SSSR count). The maximum atomic E-state index is 14.4. The summed E-state index contributed by atoms with van der Waals surface area (Å²) in [7, 11) is 0. The van der Waals surface area contributed by atoms with Gasteiger partial charge in [0.15, 0.2) is 6.19 Å². The molecule has 10 heteroatoms. The topological polar surface area (TPSA) is 149 Å². The maximum absolute atomic E-state index is 14.4. The number of fused-ring (bicyclic) bond motifs is 1. The van der Waals surface area contributed by atoms with E-state index in [1.54, 1.807) is 18.3 Å². The molecule has 1 aliphatic heterocycles. The van der Waals surface area contributed by atoms with Gasteiger partial charge < -0.3 is 16.8 Å². The summed E-state index contributed by atoms with van der Waals surface area (Å²) in [5.41, 5.74) is 12.5. The molecule has 124 valence electrons. The zero-order valence-electron chi connectivity index (χ0n) is 12.5. The zero-order chi connectivity index (χ0) is 18.1. The van der Waals surface area contributed by atoms with Crippen LogP contribution in [0.25, 0.3) is 0 Å². The highest BCUT2D eigenvalue weighted by Gasteiger charge is 2.31. The fourth-order valence-corrected chi connectivity index (χ4v) is 3.05. The van der Waals surface area contributed by atoms with Gasteiger partial charge in [-0.05, 0) is 40.8 Å². The molecule has 1 aromatic heterocycles. The molecule has 0 spiro atoms. The standard InChI is InChI=1S/C15H10FIN8/c16-9-2-1-6(17)3-7(9)12-10-11(20)8(4-18)13(21)24-14(10)25-15(23-12)22-5-19/h1-3,12H,(H6,20,21,22,23,24,25). The first-order valence-corrected chi connectivity index (χ1v) is 7.98. The molecule has 0 aliphatic carbocycles. The van der Waals surface area contributed by atoms with Crippen molar-refractivity contribution in [2.75, 3.05) is 16.8 Å². The Hall–Kier alpha value is -3.12. The van der Waals surface area contributed by atoms with Gasteiger partial charge in [0.2, 0.25) is 5.96 Å². The molecule has 2 aromatic rings. The van der Waals surface area contributed by atoms with Crippen LogP contribution >= 0.6 is 22.6 Å². The van der Waals surface area contributed by atoms with E-state index in [-0.39, 0.29) is 34.4 Å². The number of anilines is 3. The Kier molecular flexibility index (Phi) is 4.29. The van der Waals surface area contributed by atoms with Gasteiger partial charge in [0.25, 0.3) is 0 Å². The molecule has 0 saturated carbocycles. The van der Waals surface area contributed by atoms with Gasteiger partial charge in [-0.2, -0.15) is 10.5 Å². The van der Waals surface area contributed by atoms with E-state index < -0.39 is 11.9 Å². The number of hydrogen-bond acceptors (Lipinski definition) is 8. The molecule has 0 fully saturated rings. The summed E-state index contributed by atoms with van der Waals surface area (Å²) in [6.07, 6.45) is 1.74. The summed E-state index contributed by atoms with van der Waals surface area (Å²) in [6, 6.07) is 5.56. The summed E-state index contributed by atoms with van der Waals surface area (Å²) in [6.45, 7) is 0. The summed E-state index contributed by atoms with van der Waals surface area (Å²) in [4.78, 5) is 8.42. The van der Waals surface area contributed by atoms with Crippen LogP contribution in [0.1, 0.15) is 22.7 Å². The second-order valence-corrected chi connectivity index (χ2v) is 6.31. The lowest BCUT2D eigenvalue weighted by Gasteiger charge is -2.26. The number of halogens is 2. The molecule has 1 unspecified atom stereocenters. The van der Waals surface area contributed by atoms with Crippen LogP contribution < -0.4 is 22.1 Å². The third-order valence-corrected chi connectivity index (χ3v) is 4.28. The van der Waals surface area contributed by atoms with Crippen LogP contribution in [0.4, 0.5) is 21.7 Å². The summed E-state index contributed by atoms with van der Waals surface area (Å²) < 4.78 is 15.2. The molecule has 0 amide bonds. The first-order valence-electron chi connectivity index (χ1n) is 6.90. The smallest absolute Gasteiger partial charge is 0.211 e. The maximum Gasteiger partial charge on any atom is 0.211 e. The van der Waals surface area contributed by atoms with E-state index in [1.165, 1.54) is 6.07 Å². The lowest BCUT2D eigenvalue weighted by atomic mass is 9.95. The van der Waals surface area contributed by atoms with Crippen molar-refractivity contribution in [3.8, 4) is 12.3 Å². The lowest BCUT2D eigenvalue weighted by molar-refractivity contribution is 0.599. The number of nitrogen functional groups attached to an aromatic ring is 2. The number of guanidine groups is 1. The Morgan fingerprint density at radius 1 is 1.32 bits per heavy atom. The van der Waals surface area contributed by atoms with Gasteiger partial charge in [0.1, 0.15) is 35.1 Å². The van der Waals surface area contributed by atoms with Crippen LogP contribution in [0.2, 0.25) is 0 Å². The molecular formula is C15H10FIN8. The fourth-order valence-electron chi connectivity index (χ4n) is 2.53. The average molecular weight is 448 g/mol. The molecular weight excluding hydrogens is 438 g/mol. The first kappa shape index (κ1) is 16.7. The fraction of sp³-hybridized carbons (Fsp3) is 0.0667. The number of benzene rings is 1. The van der Waals surface area contributed by atoms with Crippen LogP contribution in [0.5, 0.6) is 0 Å². The van der Waals surface area contributed by atoms with Crippen molar-refractivity contribution >= 4 is 45.9 Å². The number of nitrogens with zero attached hydrogens (tertiary/aromatic N) is 4. The Morgan fingerprint density at radius 2 is 2.08 bits per heavy atom. The van der Waals surface area contributed by atoms with Crippen LogP contribution in [0.15, 0.2) is 23.2 Å². The van der Waals surface area contributed by atoms with Gasteiger partial charge in [-0.15, -0.1) is 0 Å². The number of nitrogens with one attached hydrogen (secondary N) is 2. The Morgan fingerprint density at radius 3 is 2.76 bits per heavy atom. The molecule has 0 radical (unpaired) electrons. The van der Waals surface area contributed by atoms with Crippen LogP contribution in [-0.2, 0) is 0 Å². The quantitative estimate of drug-likeness (QED) is 0.295. The molecule has 0 bridgehead atoms. The van der Waals surface area contributed by atoms with Gasteiger partial charge in [0, 0.05) is 14.7 Å². The van der Waals surface area contributed by atoms with Crippen LogP contribution in [-0.4, -0.2) is 10.9 Å². The van der Waals surface area contributed by atoms with Gasteiger partial charge >= 0.3 is 0 Å². The Bertz CT molecular complexity index is 988. The van der Waals surface area contributed by atoms with Crippen molar-refractivity contribution in [3.63, 3.8) is 0 Å². The van der Waals surface area contributed by atoms with Crippen molar-refractivity contribution in [1.29, 1.82) is 10.5 Å². The molecule has 1 aromatic carbocycles. The number of nitriles is 2. The normalized spacial score (nSPS) is 15.2. The highest BCUT2D eigenvalue weighted by Crippen LogP contribution is 2.41. The lowest BCUT2D eigenvalue weighted by Crippen LogP contribution is -2.33. The van der Waals surface area contributed by atoms with E-state index in [2.05, 4.69) is 20.6 Å². The second-order valence-electron chi connectivity index (χ2n) is 5.07. The first-order chi connectivity index (χ1) is 12.0. The second kappa shape index (κ2) is 6.41. The molecule has 2 heterocycles. The highest BCUT2D eigenvalue weighted by atomic mass is 127. The largest absolute Gasteiger partial charge is 0.397 e. The van der Waals surface area contributed by atoms with Crippen molar-refractivity contribution in [3.05, 3.63) is 44.3 Å². The Balaban J connectivity index is 2.30. The number of hydrogen-bond donors (Lipinski definition) is 4. The minimum absolute atomic E-state index is 0.00322. The van der Waals surface area contributed by atoms with E-state index in [0.717, 1.165) is 3.57 Å². The number of nitrogens with two attached hydrogens (primary N) is 2. The SMILES string of the molecule is N#CNC1=NC(c2cc(I)ccc2F)c2c(nc(N)c(C#N)c2N)N1. The van der Waals surface area contributed by atoms with Crippen molar-refractivity contribution in [2.45, 2.75) is 6.04 Å². The Labute approximate surface area is 155 Å². The third kappa shape index (κ3) is 2.88. The summed E-state index contributed by atoms with van der Waals surface area (Å²) >= 11 is 2.05. The number of aliphatic imine (C=N–C) groups is 1. The van der Waals surface area contributed by atoms with Gasteiger partial charge in [0.05, 0.1) is 5.69 Å². The average Bonchev–Trinajstić information content (AvgIpc) is 2.57. The predicted molar refractivity (Wildman–Crippen MR) is 98.5 cm³/mol. The molecule has 1 atom stereocenters. The molecule has 8 nitrogen and oxygen atoms in total. The van der Waals surface area contributed by atoms with E-state index in [9.17, 15) is 9.65 Å². The third-order valence-electron chi connectivity index (χ3n) is 3.61. The number of aromatic nitrogens is 1. The van der Waals surface area contributed by atoms with Crippen LogP contribution in [0, 0.1) is 32.2 Å². The van der Waals surface area contributed by atoms with Gasteiger partial charge in [-0.1, -0.05) is 0 Å². The molecule has 0 saturated heterocycles. The summed E-state index contributed by atoms with van der Waals surface area (Å²) in [5.74, 6) is -0.265.